The summed E-state index contributed by atoms with van der Waals surface area (Å²) in [7, 11) is 1.82. The molecule has 5 nitrogen and oxygen atoms in total. The van der Waals surface area contributed by atoms with Crippen molar-refractivity contribution in [3.63, 3.8) is 0 Å². The summed E-state index contributed by atoms with van der Waals surface area (Å²) in [6, 6.07) is 6.36. The van der Waals surface area contributed by atoms with Crippen LogP contribution in [0.1, 0.15) is 34.8 Å². The van der Waals surface area contributed by atoms with Gasteiger partial charge in [-0.2, -0.15) is 4.98 Å². The predicted octanol–water partition coefficient (Wildman–Crippen LogP) is 2.63. The van der Waals surface area contributed by atoms with Crippen LogP contribution in [-0.4, -0.2) is 34.5 Å². The average Bonchev–Trinajstić information content (AvgIpc) is 2.91. The molecule has 0 radical (unpaired) electrons. The van der Waals surface area contributed by atoms with Gasteiger partial charge in [0.05, 0.1) is 0 Å². The number of rotatable bonds is 6. The number of aromatic nitrogens is 2. The van der Waals surface area contributed by atoms with Crippen molar-refractivity contribution in [2.75, 3.05) is 13.6 Å². The molecule has 2 rings (SSSR count). The lowest BCUT2D eigenvalue weighted by Crippen LogP contribution is -2.29. The summed E-state index contributed by atoms with van der Waals surface area (Å²) in [4.78, 5) is 18.0. The second-order valence-corrected chi connectivity index (χ2v) is 5.71. The van der Waals surface area contributed by atoms with Gasteiger partial charge in [0, 0.05) is 33.4 Å². The molecule has 2 aromatic rings. The van der Waals surface area contributed by atoms with Crippen molar-refractivity contribution in [3.8, 4) is 0 Å². The SMILES string of the molecule is Cc1nc(CCN(C)C(=O)CCc2ccc(C)c(C)c2)no1. The minimum absolute atomic E-state index is 0.137. The highest BCUT2D eigenvalue weighted by Gasteiger charge is 2.11. The van der Waals surface area contributed by atoms with E-state index in [9.17, 15) is 4.79 Å². The molecule has 0 spiro atoms. The quantitative estimate of drug-likeness (QED) is 0.823. The normalized spacial score (nSPS) is 10.7. The highest BCUT2D eigenvalue weighted by atomic mass is 16.5. The van der Waals surface area contributed by atoms with Crippen LogP contribution >= 0.6 is 0 Å². The van der Waals surface area contributed by atoms with E-state index in [2.05, 4.69) is 42.2 Å². The third-order valence-corrected chi connectivity index (χ3v) is 3.87. The van der Waals surface area contributed by atoms with Crippen molar-refractivity contribution in [2.45, 2.75) is 40.0 Å². The zero-order valence-corrected chi connectivity index (χ0v) is 13.7. The van der Waals surface area contributed by atoms with E-state index in [0.29, 0.717) is 31.1 Å². The second kappa shape index (κ2) is 7.20. The fraction of sp³-hybridized carbons (Fsp3) is 0.471. The first-order valence-corrected chi connectivity index (χ1v) is 7.55. The van der Waals surface area contributed by atoms with Gasteiger partial charge in [-0.05, 0) is 37.0 Å². The molecule has 1 aromatic carbocycles. The van der Waals surface area contributed by atoms with Crippen molar-refractivity contribution >= 4 is 5.91 Å². The van der Waals surface area contributed by atoms with Crippen LogP contribution in [-0.2, 0) is 17.6 Å². The first-order valence-electron chi connectivity index (χ1n) is 7.55. The van der Waals surface area contributed by atoms with E-state index in [0.717, 1.165) is 6.42 Å². The van der Waals surface area contributed by atoms with Gasteiger partial charge in [-0.1, -0.05) is 23.4 Å². The Morgan fingerprint density at radius 3 is 2.59 bits per heavy atom. The molecule has 0 saturated heterocycles. The maximum Gasteiger partial charge on any atom is 0.223 e. The summed E-state index contributed by atoms with van der Waals surface area (Å²) in [6.45, 7) is 6.55. The number of likely N-dealkylation sites (N-methyl/N-ethyl adjacent to an activating group) is 1. The molecule has 0 aliphatic carbocycles. The molecule has 0 N–H and O–H groups in total. The molecule has 0 unspecified atom stereocenters. The lowest BCUT2D eigenvalue weighted by atomic mass is 10.0. The van der Waals surface area contributed by atoms with E-state index >= 15 is 0 Å². The van der Waals surface area contributed by atoms with Crippen molar-refractivity contribution in [2.24, 2.45) is 0 Å². The Morgan fingerprint density at radius 2 is 1.95 bits per heavy atom. The zero-order valence-electron chi connectivity index (χ0n) is 13.7. The number of amides is 1. The Labute approximate surface area is 131 Å². The van der Waals surface area contributed by atoms with Crippen LogP contribution in [0.5, 0.6) is 0 Å². The lowest BCUT2D eigenvalue weighted by Gasteiger charge is -2.16. The van der Waals surface area contributed by atoms with Gasteiger partial charge in [0.25, 0.3) is 0 Å². The first-order chi connectivity index (χ1) is 10.5. The van der Waals surface area contributed by atoms with Gasteiger partial charge in [-0.25, -0.2) is 0 Å². The highest BCUT2D eigenvalue weighted by Crippen LogP contribution is 2.12. The molecule has 0 atom stereocenters. The number of carbonyl (C=O) groups is 1. The molecular formula is C17H23N3O2. The summed E-state index contributed by atoms with van der Waals surface area (Å²) in [5.74, 6) is 1.34. The number of nitrogens with zero attached hydrogens (tertiary/aromatic N) is 3. The van der Waals surface area contributed by atoms with Gasteiger partial charge in [0.2, 0.25) is 11.8 Å². The van der Waals surface area contributed by atoms with E-state index < -0.39 is 0 Å². The Hall–Kier alpha value is -2.17. The highest BCUT2D eigenvalue weighted by molar-refractivity contribution is 5.76. The third kappa shape index (κ3) is 4.41. The molecule has 0 fully saturated rings. The van der Waals surface area contributed by atoms with Crippen LogP contribution in [0.3, 0.4) is 0 Å². The summed E-state index contributed by atoms with van der Waals surface area (Å²) in [5, 5.41) is 3.83. The van der Waals surface area contributed by atoms with Crippen molar-refractivity contribution in [3.05, 3.63) is 46.6 Å². The second-order valence-electron chi connectivity index (χ2n) is 5.71. The molecule has 22 heavy (non-hydrogen) atoms. The van der Waals surface area contributed by atoms with E-state index in [4.69, 9.17) is 4.52 Å². The van der Waals surface area contributed by atoms with Crippen molar-refractivity contribution < 1.29 is 9.32 Å². The van der Waals surface area contributed by atoms with Gasteiger partial charge in [0.15, 0.2) is 5.82 Å². The fourth-order valence-electron chi connectivity index (χ4n) is 2.24. The fourth-order valence-corrected chi connectivity index (χ4v) is 2.24. The van der Waals surface area contributed by atoms with Gasteiger partial charge in [0.1, 0.15) is 0 Å². The van der Waals surface area contributed by atoms with Gasteiger partial charge >= 0.3 is 0 Å². The number of benzene rings is 1. The number of carbonyl (C=O) groups excluding carboxylic acids is 1. The topological polar surface area (TPSA) is 59.2 Å². The van der Waals surface area contributed by atoms with E-state index in [-0.39, 0.29) is 5.91 Å². The maximum absolute atomic E-state index is 12.2. The molecule has 0 aliphatic rings. The molecule has 0 aliphatic heterocycles. The Bertz CT molecular complexity index is 649. The third-order valence-electron chi connectivity index (χ3n) is 3.87. The Balaban J connectivity index is 1.79. The molecule has 0 bridgehead atoms. The smallest absolute Gasteiger partial charge is 0.223 e. The monoisotopic (exact) mass is 301 g/mol. The van der Waals surface area contributed by atoms with Gasteiger partial charge in [-0.3, -0.25) is 4.79 Å². The van der Waals surface area contributed by atoms with Crippen LogP contribution in [0, 0.1) is 20.8 Å². The van der Waals surface area contributed by atoms with Crippen LogP contribution in [0.15, 0.2) is 22.7 Å². The first kappa shape index (κ1) is 16.2. The Morgan fingerprint density at radius 1 is 1.18 bits per heavy atom. The van der Waals surface area contributed by atoms with E-state index in [1.807, 2.05) is 7.05 Å². The largest absolute Gasteiger partial charge is 0.345 e. The summed E-state index contributed by atoms with van der Waals surface area (Å²) >= 11 is 0. The molecule has 0 saturated carbocycles. The Kier molecular flexibility index (Phi) is 5.31. The average molecular weight is 301 g/mol. The van der Waals surface area contributed by atoms with Crippen LogP contribution < -0.4 is 0 Å². The van der Waals surface area contributed by atoms with Gasteiger partial charge in [-0.15, -0.1) is 0 Å². The summed E-state index contributed by atoms with van der Waals surface area (Å²) in [6.07, 6.45) is 1.90. The van der Waals surface area contributed by atoms with Gasteiger partial charge < -0.3 is 9.42 Å². The minimum atomic E-state index is 0.137. The van der Waals surface area contributed by atoms with Crippen molar-refractivity contribution in [1.82, 2.24) is 15.0 Å². The minimum Gasteiger partial charge on any atom is -0.345 e. The molecule has 1 heterocycles. The van der Waals surface area contributed by atoms with Crippen LogP contribution in [0.2, 0.25) is 0 Å². The molecule has 1 aromatic heterocycles. The standard InChI is InChI=1S/C17H23N3O2/c1-12-5-6-15(11-13(12)2)7-8-17(21)20(4)10-9-16-18-14(3)22-19-16/h5-6,11H,7-10H2,1-4H3. The molecule has 118 valence electrons. The maximum atomic E-state index is 12.2. The molecule has 1 amide bonds. The predicted molar refractivity (Wildman–Crippen MR) is 84.6 cm³/mol. The van der Waals surface area contributed by atoms with Crippen LogP contribution in [0.25, 0.3) is 0 Å². The number of hydrogen-bond donors (Lipinski definition) is 0. The van der Waals surface area contributed by atoms with Crippen LogP contribution in [0.4, 0.5) is 0 Å². The van der Waals surface area contributed by atoms with Crippen molar-refractivity contribution in [1.29, 1.82) is 0 Å². The van der Waals surface area contributed by atoms with E-state index in [1.165, 1.54) is 16.7 Å². The van der Waals surface area contributed by atoms with E-state index in [1.54, 1.807) is 11.8 Å². The summed E-state index contributed by atoms with van der Waals surface area (Å²) in [5.41, 5.74) is 3.76. The number of aryl methyl sites for hydroxylation is 4. The zero-order chi connectivity index (χ0) is 16.1. The number of hydrogen-bond acceptors (Lipinski definition) is 4. The molecule has 5 heteroatoms. The molecular weight excluding hydrogens is 278 g/mol. The summed E-state index contributed by atoms with van der Waals surface area (Å²) < 4.78 is 4.92. The lowest BCUT2D eigenvalue weighted by molar-refractivity contribution is -0.129.